The quantitative estimate of drug-likeness (QED) is 0.466. The maximum absolute atomic E-state index is 13.4. The first kappa shape index (κ1) is 25.4. The summed E-state index contributed by atoms with van der Waals surface area (Å²) < 4.78 is 8.15. The zero-order valence-corrected chi connectivity index (χ0v) is 21.8. The number of nitrogens with zero attached hydrogens (tertiary/aromatic N) is 3. The molecule has 0 radical (unpaired) electrons. The van der Waals surface area contributed by atoms with Gasteiger partial charge >= 0.3 is 0 Å². The van der Waals surface area contributed by atoms with Crippen LogP contribution in [0.5, 0.6) is 5.75 Å². The maximum atomic E-state index is 13.4. The Morgan fingerprint density at radius 3 is 2.49 bits per heavy atom. The Morgan fingerprint density at radius 2 is 1.83 bits per heavy atom. The van der Waals surface area contributed by atoms with Gasteiger partial charge in [-0.1, -0.05) is 57.5 Å². The molecule has 1 aliphatic rings. The lowest BCUT2D eigenvalue weighted by molar-refractivity contribution is 0.0841. The van der Waals surface area contributed by atoms with E-state index in [1.165, 1.54) is 6.42 Å². The summed E-state index contributed by atoms with van der Waals surface area (Å²) >= 11 is 0. The van der Waals surface area contributed by atoms with Crippen molar-refractivity contribution in [3.63, 3.8) is 0 Å². The van der Waals surface area contributed by atoms with Crippen molar-refractivity contribution in [2.45, 2.75) is 52.2 Å². The average Bonchev–Trinajstić information content (AvgIpc) is 2.84. The van der Waals surface area contributed by atoms with Gasteiger partial charge in [-0.25, -0.2) is 4.98 Å². The van der Waals surface area contributed by atoms with Crippen molar-refractivity contribution in [1.29, 1.82) is 0 Å². The Labute approximate surface area is 209 Å². The van der Waals surface area contributed by atoms with Gasteiger partial charge in [0.1, 0.15) is 17.7 Å². The van der Waals surface area contributed by atoms with E-state index < -0.39 is 0 Å². The van der Waals surface area contributed by atoms with Crippen LogP contribution in [0.2, 0.25) is 0 Å². The van der Waals surface area contributed by atoms with E-state index in [0.29, 0.717) is 29.3 Å². The minimum Gasteiger partial charge on any atom is -0.484 e. The summed E-state index contributed by atoms with van der Waals surface area (Å²) in [6.45, 7) is 9.65. The molecule has 6 heteroatoms. The number of ether oxygens (including phenoxy) is 1. The fraction of sp³-hybridized carbons (Fsp3) is 0.517. The summed E-state index contributed by atoms with van der Waals surface area (Å²) in [7, 11) is 3.79. The normalized spacial score (nSPS) is 20.6. The van der Waals surface area contributed by atoms with Crippen LogP contribution in [0.4, 0.5) is 0 Å². The average molecular weight is 477 g/mol. The van der Waals surface area contributed by atoms with Crippen LogP contribution in [-0.2, 0) is 7.05 Å². The Bertz CT molecular complexity index is 1170. The van der Waals surface area contributed by atoms with E-state index in [1.807, 2.05) is 50.5 Å². The fourth-order valence-electron chi connectivity index (χ4n) is 5.60. The molecule has 4 rings (SSSR count). The molecule has 1 aromatic heterocycles. The van der Waals surface area contributed by atoms with Gasteiger partial charge in [0.05, 0.1) is 16.9 Å². The molecule has 0 saturated carbocycles. The second-order valence-corrected chi connectivity index (χ2v) is 10.3. The zero-order chi connectivity index (χ0) is 24.9. The summed E-state index contributed by atoms with van der Waals surface area (Å²) in [4.78, 5) is 21.0. The molecule has 0 amide bonds. The first-order valence-electron chi connectivity index (χ1n) is 13.0. The molecular formula is C29H40N4O2. The van der Waals surface area contributed by atoms with Gasteiger partial charge in [0.25, 0.3) is 5.56 Å². The van der Waals surface area contributed by atoms with Crippen LogP contribution >= 0.6 is 0 Å². The number of piperidine rings is 1. The smallest absolute Gasteiger partial charge is 0.261 e. The fourth-order valence-corrected chi connectivity index (χ4v) is 5.60. The highest BCUT2D eigenvalue weighted by atomic mass is 16.5. The highest BCUT2D eigenvalue weighted by Gasteiger charge is 2.30. The molecule has 188 valence electrons. The third kappa shape index (κ3) is 5.76. The van der Waals surface area contributed by atoms with Crippen LogP contribution in [0.1, 0.15) is 63.6 Å². The third-order valence-corrected chi connectivity index (χ3v) is 7.12. The molecule has 6 nitrogen and oxygen atoms in total. The molecule has 0 aliphatic carbocycles. The minimum absolute atomic E-state index is 0.00518. The lowest BCUT2D eigenvalue weighted by atomic mass is 9.90. The van der Waals surface area contributed by atoms with Crippen molar-refractivity contribution in [3.8, 4) is 5.75 Å². The molecule has 35 heavy (non-hydrogen) atoms. The molecule has 0 unspecified atom stereocenters. The molecule has 2 heterocycles. The standard InChI is InChI=1S/C29H40N4O2/c1-6-10-26(33-18-20(2)15-21(3)19-33)28-31-25-16-23(13-14-24(25)29(34)32(28)5)35-27(17-30-4)22-11-8-7-9-12-22/h7-9,11-14,16,20-21,26-27,30H,6,10,15,17-19H2,1-5H3/t20-,21+,26-,27+/m0/s1. The first-order valence-corrected chi connectivity index (χ1v) is 13.0. The van der Waals surface area contributed by atoms with Crippen LogP contribution in [0, 0.1) is 11.8 Å². The van der Waals surface area contributed by atoms with Crippen molar-refractivity contribution in [1.82, 2.24) is 19.8 Å². The highest BCUT2D eigenvalue weighted by molar-refractivity contribution is 5.79. The number of hydrogen-bond acceptors (Lipinski definition) is 5. The van der Waals surface area contributed by atoms with Gasteiger partial charge in [-0.15, -0.1) is 0 Å². The number of fused-ring (bicyclic) bond motifs is 1. The number of aromatic nitrogens is 2. The second kappa shape index (κ2) is 11.4. The van der Waals surface area contributed by atoms with Gasteiger partial charge in [0, 0.05) is 32.7 Å². The number of nitrogens with one attached hydrogen (secondary N) is 1. The van der Waals surface area contributed by atoms with Gasteiger partial charge in [-0.2, -0.15) is 0 Å². The van der Waals surface area contributed by atoms with Crippen LogP contribution < -0.4 is 15.6 Å². The Kier molecular flexibility index (Phi) is 8.24. The van der Waals surface area contributed by atoms with Crippen LogP contribution in [0.25, 0.3) is 10.9 Å². The molecule has 1 N–H and O–H groups in total. The summed E-state index contributed by atoms with van der Waals surface area (Å²) in [5, 5.41) is 3.85. The molecule has 0 bridgehead atoms. The van der Waals surface area contributed by atoms with Crippen LogP contribution in [0.3, 0.4) is 0 Å². The lowest BCUT2D eigenvalue weighted by Crippen LogP contribution is -2.43. The molecule has 2 aromatic carbocycles. The summed E-state index contributed by atoms with van der Waals surface area (Å²) in [5.74, 6) is 2.88. The van der Waals surface area contributed by atoms with Gasteiger partial charge in [0.15, 0.2) is 0 Å². The highest BCUT2D eigenvalue weighted by Crippen LogP contribution is 2.32. The van der Waals surface area contributed by atoms with Gasteiger partial charge in [-0.3, -0.25) is 14.3 Å². The van der Waals surface area contributed by atoms with E-state index in [1.54, 1.807) is 4.57 Å². The number of benzene rings is 2. The van der Waals surface area contributed by atoms with E-state index in [-0.39, 0.29) is 17.7 Å². The van der Waals surface area contributed by atoms with Crippen molar-refractivity contribution < 1.29 is 4.74 Å². The molecule has 3 aromatic rings. The summed E-state index contributed by atoms with van der Waals surface area (Å²) in [5.41, 5.74) is 1.82. The van der Waals surface area contributed by atoms with Crippen LogP contribution in [0.15, 0.2) is 53.3 Å². The zero-order valence-electron chi connectivity index (χ0n) is 21.8. The number of likely N-dealkylation sites (tertiary alicyclic amines) is 1. The monoisotopic (exact) mass is 476 g/mol. The van der Waals surface area contributed by atoms with Crippen molar-refractivity contribution in [2.24, 2.45) is 18.9 Å². The Morgan fingerprint density at radius 1 is 1.11 bits per heavy atom. The van der Waals surface area contributed by atoms with E-state index >= 15 is 0 Å². The topological polar surface area (TPSA) is 59.4 Å². The second-order valence-electron chi connectivity index (χ2n) is 10.3. The maximum Gasteiger partial charge on any atom is 0.261 e. The SMILES string of the molecule is CCC[C@@H](c1nc2cc(O[C@H](CNC)c3ccccc3)ccc2c(=O)n1C)N1C[C@H](C)C[C@H](C)C1. The molecule has 1 saturated heterocycles. The predicted octanol–water partition coefficient (Wildman–Crippen LogP) is 5.09. The van der Waals surface area contributed by atoms with E-state index in [4.69, 9.17) is 9.72 Å². The van der Waals surface area contributed by atoms with Gasteiger partial charge in [0.2, 0.25) is 0 Å². The van der Waals surface area contributed by atoms with Crippen molar-refractivity contribution in [3.05, 3.63) is 70.3 Å². The predicted molar refractivity (Wildman–Crippen MR) is 143 cm³/mol. The van der Waals surface area contributed by atoms with Crippen molar-refractivity contribution >= 4 is 10.9 Å². The van der Waals surface area contributed by atoms with Gasteiger partial charge < -0.3 is 10.1 Å². The van der Waals surface area contributed by atoms with Gasteiger partial charge in [-0.05, 0) is 49.4 Å². The number of rotatable bonds is 9. The lowest BCUT2D eigenvalue weighted by Gasteiger charge is -2.40. The van der Waals surface area contributed by atoms with E-state index in [0.717, 1.165) is 43.1 Å². The largest absolute Gasteiger partial charge is 0.484 e. The van der Waals surface area contributed by atoms with E-state index in [9.17, 15) is 4.79 Å². The number of hydrogen-bond donors (Lipinski definition) is 1. The molecule has 4 atom stereocenters. The van der Waals surface area contributed by atoms with E-state index in [2.05, 4.69) is 43.1 Å². The first-order chi connectivity index (χ1) is 16.9. The number of likely N-dealkylation sites (N-methyl/N-ethyl adjacent to an activating group) is 1. The third-order valence-electron chi connectivity index (χ3n) is 7.12. The molecule has 0 spiro atoms. The molecular weight excluding hydrogens is 436 g/mol. The minimum atomic E-state index is -0.131. The summed E-state index contributed by atoms with van der Waals surface area (Å²) in [6.07, 6.45) is 3.16. The molecule has 1 fully saturated rings. The summed E-state index contributed by atoms with van der Waals surface area (Å²) in [6, 6.07) is 16.0. The van der Waals surface area contributed by atoms with Crippen LogP contribution in [-0.4, -0.2) is 41.1 Å². The molecule has 1 aliphatic heterocycles. The Hall–Kier alpha value is -2.70. The Balaban J connectivity index is 1.71. The van der Waals surface area contributed by atoms with Crippen molar-refractivity contribution in [2.75, 3.05) is 26.7 Å².